The molecule has 8 nitrogen and oxygen atoms in total. The average Bonchev–Trinajstić information content (AvgIpc) is 2.91. The molecule has 0 fully saturated rings. The number of amides is 1. The van der Waals surface area contributed by atoms with Gasteiger partial charge >= 0.3 is 5.97 Å². The molecule has 1 amide bonds. The number of hydrogen-bond acceptors (Lipinski definition) is 6. The molecule has 4 rings (SSSR count). The van der Waals surface area contributed by atoms with Crippen LogP contribution in [-0.4, -0.2) is 40.7 Å². The summed E-state index contributed by atoms with van der Waals surface area (Å²) in [5, 5.41) is 6.05. The number of rotatable bonds is 4. The number of anilines is 4. The molecule has 3 aromatic carbocycles. The van der Waals surface area contributed by atoms with E-state index in [2.05, 4.69) is 10.6 Å². The fraction of sp³-hybridized carbons (Fsp3) is 0.130. The molecule has 0 radical (unpaired) electrons. The lowest BCUT2D eigenvalue weighted by molar-refractivity contribution is 0.0600. The monoisotopic (exact) mass is 451 g/mol. The number of carbonyl (C=O) groups is 2. The van der Waals surface area contributed by atoms with Gasteiger partial charge in [0.2, 0.25) is 10.0 Å². The molecule has 0 saturated heterocycles. The highest BCUT2D eigenvalue weighted by Crippen LogP contribution is 2.37. The fourth-order valence-electron chi connectivity index (χ4n) is 3.52. The van der Waals surface area contributed by atoms with Gasteiger partial charge in [-0.1, -0.05) is 24.3 Å². The number of esters is 1. The number of ether oxygens (including phenoxy) is 1. The zero-order valence-corrected chi connectivity index (χ0v) is 18.5. The van der Waals surface area contributed by atoms with Gasteiger partial charge in [0.05, 0.1) is 47.2 Å². The van der Waals surface area contributed by atoms with E-state index in [1.807, 2.05) is 12.1 Å². The third kappa shape index (κ3) is 3.90. The third-order valence-electron chi connectivity index (χ3n) is 5.27. The summed E-state index contributed by atoms with van der Waals surface area (Å²) in [5.41, 5.74) is 4.28. The van der Waals surface area contributed by atoms with E-state index in [1.165, 1.54) is 18.5 Å². The molecule has 0 aliphatic carbocycles. The van der Waals surface area contributed by atoms with Crippen molar-refractivity contribution in [1.29, 1.82) is 0 Å². The number of methoxy groups -OCH3 is 1. The Morgan fingerprint density at radius 1 is 0.906 bits per heavy atom. The van der Waals surface area contributed by atoms with Crippen LogP contribution in [0.25, 0.3) is 11.1 Å². The summed E-state index contributed by atoms with van der Waals surface area (Å²) in [6.45, 7) is 0. The number of para-hydroxylation sites is 1. The topological polar surface area (TPSA) is 105 Å². The van der Waals surface area contributed by atoms with Crippen molar-refractivity contribution in [3.8, 4) is 11.1 Å². The number of nitrogens with zero attached hydrogens (tertiary/aromatic N) is 1. The molecule has 0 aromatic heterocycles. The first-order valence-corrected chi connectivity index (χ1v) is 11.5. The van der Waals surface area contributed by atoms with Gasteiger partial charge in [-0.15, -0.1) is 0 Å². The molecule has 164 valence electrons. The maximum absolute atomic E-state index is 12.8. The van der Waals surface area contributed by atoms with Gasteiger partial charge in [-0.05, 0) is 42.0 Å². The van der Waals surface area contributed by atoms with Crippen LogP contribution < -0.4 is 14.9 Å². The summed E-state index contributed by atoms with van der Waals surface area (Å²) in [7, 11) is -0.669. The van der Waals surface area contributed by atoms with Crippen LogP contribution in [0.4, 0.5) is 22.7 Å². The van der Waals surface area contributed by atoms with Crippen molar-refractivity contribution in [2.75, 3.05) is 35.4 Å². The molecule has 1 aliphatic heterocycles. The van der Waals surface area contributed by atoms with Crippen molar-refractivity contribution in [3.05, 3.63) is 71.8 Å². The molecule has 0 bridgehead atoms. The highest BCUT2D eigenvalue weighted by molar-refractivity contribution is 7.92. The summed E-state index contributed by atoms with van der Waals surface area (Å²) >= 11 is 0. The molecule has 0 saturated carbocycles. The Bertz CT molecular complexity index is 1350. The molecular weight excluding hydrogens is 430 g/mol. The summed E-state index contributed by atoms with van der Waals surface area (Å²) in [6.07, 6.45) is 1.14. The minimum absolute atomic E-state index is 0.301. The largest absolute Gasteiger partial charge is 0.465 e. The van der Waals surface area contributed by atoms with E-state index in [-0.39, 0.29) is 5.91 Å². The van der Waals surface area contributed by atoms with Crippen LogP contribution in [-0.2, 0) is 14.8 Å². The molecule has 1 heterocycles. The molecule has 1 aliphatic rings. The van der Waals surface area contributed by atoms with Crippen molar-refractivity contribution in [2.24, 2.45) is 0 Å². The van der Waals surface area contributed by atoms with E-state index < -0.39 is 16.0 Å². The lowest BCUT2D eigenvalue weighted by Crippen LogP contribution is -2.25. The summed E-state index contributed by atoms with van der Waals surface area (Å²) < 4.78 is 30.2. The summed E-state index contributed by atoms with van der Waals surface area (Å²) in [4.78, 5) is 24.7. The third-order valence-corrected chi connectivity index (χ3v) is 6.47. The first kappa shape index (κ1) is 21.4. The average molecular weight is 452 g/mol. The highest BCUT2D eigenvalue weighted by Gasteiger charge is 2.22. The van der Waals surface area contributed by atoms with Gasteiger partial charge in [-0.25, -0.2) is 13.2 Å². The van der Waals surface area contributed by atoms with Gasteiger partial charge in [0, 0.05) is 12.6 Å². The molecule has 0 spiro atoms. The Hall–Kier alpha value is -3.85. The van der Waals surface area contributed by atoms with Crippen LogP contribution in [0.3, 0.4) is 0 Å². The Morgan fingerprint density at radius 3 is 2.38 bits per heavy atom. The lowest BCUT2D eigenvalue weighted by atomic mass is 10.0. The molecule has 32 heavy (non-hydrogen) atoms. The zero-order valence-electron chi connectivity index (χ0n) is 17.7. The molecule has 9 heteroatoms. The minimum atomic E-state index is -3.46. The van der Waals surface area contributed by atoms with Gasteiger partial charge in [0.25, 0.3) is 5.91 Å². The Kier molecular flexibility index (Phi) is 5.35. The smallest absolute Gasteiger partial charge is 0.337 e. The fourth-order valence-corrected chi connectivity index (χ4v) is 4.04. The highest BCUT2D eigenvalue weighted by atomic mass is 32.2. The zero-order chi connectivity index (χ0) is 23.0. The predicted octanol–water partition coefficient (Wildman–Crippen LogP) is 3.85. The Labute approximate surface area is 185 Å². The van der Waals surface area contributed by atoms with Crippen LogP contribution in [0, 0.1) is 0 Å². The van der Waals surface area contributed by atoms with E-state index in [0.29, 0.717) is 39.4 Å². The molecule has 2 N–H and O–H groups in total. The standard InChI is InChI=1S/C23H21N3O5S/c1-26(32(3,29)30)21-7-5-4-6-16(21)14-8-10-17-19(12-14)24-20-13-15(23(28)31-2)9-11-18(20)25-22(17)27/h4-13,24H,1-3H3,(H,25,27). The second-order valence-corrected chi connectivity index (χ2v) is 9.35. The number of fused-ring (bicyclic) bond motifs is 2. The molecule has 0 atom stereocenters. The number of carbonyl (C=O) groups excluding carboxylic acids is 2. The van der Waals surface area contributed by atoms with E-state index >= 15 is 0 Å². The van der Waals surface area contributed by atoms with Gasteiger partial charge in [0.1, 0.15) is 0 Å². The van der Waals surface area contributed by atoms with Crippen LogP contribution in [0.5, 0.6) is 0 Å². The summed E-state index contributed by atoms with van der Waals surface area (Å²) in [6, 6.07) is 17.2. The van der Waals surface area contributed by atoms with Crippen LogP contribution >= 0.6 is 0 Å². The first-order valence-electron chi connectivity index (χ1n) is 9.67. The number of nitrogens with one attached hydrogen (secondary N) is 2. The number of sulfonamides is 1. The Morgan fingerprint density at radius 2 is 1.66 bits per heavy atom. The van der Waals surface area contributed by atoms with Crippen molar-refractivity contribution in [2.45, 2.75) is 0 Å². The van der Waals surface area contributed by atoms with E-state index in [4.69, 9.17) is 4.74 Å². The quantitative estimate of drug-likeness (QED) is 0.584. The van der Waals surface area contributed by atoms with Crippen LogP contribution in [0.2, 0.25) is 0 Å². The number of benzene rings is 3. The van der Waals surface area contributed by atoms with Crippen LogP contribution in [0.1, 0.15) is 20.7 Å². The van der Waals surface area contributed by atoms with E-state index in [1.54, 1.807) is 48.5 Å². The van der Waals surface area contributed by atoms with E-state index in [9.17, 15) is 18.0 Å². The SMILES string of the molecule is COC(=O)c1ccc2c(c1)Nc1cc(-c3ccccc3N(C)S(C)(=O)=O)ccc1C(=O)N2. The Balaban J connectivity index is 1.82. The second kappa shape index (κ2) is 8.01. The van der Waals surface area contributed by atoms with E-state index in [0.717, 1.165) is 11.8 Å². The first-order chi connectivity index (χ1) is 15.2. The number of hydrogen-bond donors (Lipinski definition) is 2. The second-order valence-electron chi connectivity index (χ2n) is 7.34. The van der Waals surface area contributed by atoms with Gasteiger partial charge < -0.3 is 15.4 Å². The van der Waals surface area contributed by atoms with Crippen molar-refractivity contribution in [3.63, 3.8) is 0 Å². The lowest BCUT2D eigenvalue weighted by Gasteiger charge is -2.21. The van der Waals surface area contributed by atoms with Gasteiger partial charge in [-0.3, -0.25) is 9.10 Å². The predicted molar refractivity (Wildman–Crippen MR) is 124 cm³/mol. The molecular formula is C23H21N3O5S. The molecule has 0 unspecified atom stereocenters. The molecule has 3 aromatic rings. The maximum atomic E-state index is 12.8. The maximum Gasteiger partial charge on any atom is 0.337 e. The van der Waals surface area contributed by atoms with Gasteiger partial charge in [0.15, 0.2) is 0 Å². The van der Waals surface area contributed by atoms with Crippen molar-refractivity contribution >= 4 is 44.6 Å². The van der Waals surface area contributed by atoms with Crippen LogP contribution in [0.15, 0.2) is 60.7 Å². The summed E-state index contributed by atoms with van der Waals surface area (Å²) in [5.74, 6) is -0.790. The van der Waals surface area contributed by atoms with Crippen molar-refractivity contribution in [1.82, 2.24) is 0 Å². The van der Waals surface area contributed by atoms with Gasteiger partial charge in [-0.2, -0.15) is 0 Å². The normalized spacial score (nSPS) is 12.5. The minimum Gasteiger partial charge on any atom is -0.465 e. The van der Waals surface area contributed by atoms with Crippen molar-refractivity contribution < 1.29 is 22.7 Å².